The second-order valence-electron chi connectivity index (χ2n) is 4.59. The van der Waals surface area contributed by atoms with Gasteiger partial charge in [0.25, 0.3) is 0 Å². The van der Waals surface area contributed by atoms with Crippen LogP contribution in [-0.4, -0.2) is 14.2 Å². The highest BCUT2D eigenvalue weighted by molar-refractivity contribution is 9.10. The van der Waals surface area contributed by atoms with Gasteiger partial charge < -0.3 is 10.1 Å². The smallest absolute Gasteiger partial charge is 0.124 e. The van der Waals surface area contributed by atoms with Crippen LogP contribution in [0.5, 0.6) is 5.75 Å². The van der Waals surface area contributed by atoms with E-state index in [-0.39, 0.29) is 6.04 Å². The maximum atomic E-state index is 6.46. The second-order valence-corrected chi connectivity index (χ2v) is 5.88. The number of halogens is 2. The van der Waals surface area contributed by atoms with Gasteiger partial charge in [0.15, 0.2) is 0 Å². The van der Waals surface area contributed by atoms with Crippen molar-refractivity contribution in [2.45, 2.75) is 13.0 Å². The van der Waals surface area contributed by atoms with E-state index in [2.05, 4.69) is 27.3 Å². The number of hydrogen-bond donors (Lipinski definition) is 1. The first kappa shape index (κ1) is 15.4. The normalized spacial score (nSPS) is 12.2. The van der Waals surface area contributed by atoms with Gasteiger partial charge in [-0.05, 0) is 43.3 Å². The Hall–Kier alpha value is -1.03. The number of aryl methyl sites for hydroxylation is 1. The summed E-state index contributed by atoms with van der Waals surface area (Å²) in [5.41, 5.74) is 3.17. The fourth-order valence-corrected chi connectivity index (χ4v) is 2.92. The molecule has 0 aromatic heterocycles. The zero-order chi connectivity index (χ0) is 14.7. The van der Waals surface area contributed by atoms with E-state index < -0.39 is 0 Å². The van der Waals surface area contributed by atoms with Crippen molar-refractivity contribution >= 4 is 27.5 Å². The van der Waals surface area contributed by atoms with E-state index in [1.807, 2.05) is 44.3 Å². The number of methoxy groups -OCH3 is 1. The van der Waals surface area contributed by atoms with E-state index in [9.17, 15) is 0 Å². The van der Waals surface area contributed by atoms with Crippen molar-refractivity contribution in [1.29, 1.82) is 0 Å². The van der Waals surface area contributed by atoms with Gasteiger partial charge in [0.1, 0.15) is 5.75 Å². The molecule has 0 radical (unpaired) electrons. The molecular formula is C16H17BrClNO. The lowest BCUT2D eigenvalue weighted by Crippen LogP contribution is -2.19. The van der Waals surface area contributed by atoms with Crippen LogP contribution in [-0.2, 0) is 0 Å². The number of rotatable bonds is 4. The van der Waals surface area contributed by atoms with Gasteiger partial charge in [-0.2, -0.15) is 0 Å². The SMILES string of the molecule is CNC(c1cc(Br)ccc1OC)c1cccc(C)c1Cl. The topological polar surface area (TPSA) is 21.3 Å². The van der Waals surface area contributed by atoms with Crippen molar-refractivity contribution in [2.75, 3.05) is 14.2 Å². The van der Waals surface area contributed by atoms with Gasteiger partial charge in [0.05, 0.1) is 13.2 Å². The minimum atomic E-state index is -0.0187. The average Bonchev–Trinajstić information content (AvgIpc) is 2.44. The Morgan fingerprint density at radius 1 is 1.20 bits per heavy atom. The lowest BCUT2D eigenvalue weighted by Gasteiger charge is -2.22. The first-order chi connectivity index (χ1) is 9.58. The third-order valence-corrected chi connectivity index (χ3v) is 4.33. The van der Waals surface area contributed by atoms with Crippen molar-refractivity contribution in [1.82, 2.24) is 5.32 Å². The van der Waals surface area contributed by atoms with E-state index in [0.717, 1.165) is 31.9 Å². The summed E-state index contributed by atoms with van der Waals surface area (Å²) in [6, 6.07) is 12.0. The zero-order valence-electron chi connectivity index (χ0n) is 11.7. The molecule has 2 aromatic rings. The lowest BCUT2D eigenvalue weighted by atomic mass is 9.96. The van der Waals surface area contributed by atoms with Crippen LogP contribution in [0, 0.1) is 6.92 Å². The van der Waals surface area contributed by atoms with E-state index in [4.69, 9.17) is 16.3 Å². The minimum absolute atomic E-state index is 0.0187. The van der Waals surface area contributed by atoms with Crippen molar-refractivity contribution in [3.8, 4) is 5.75 Å². The third-order valence-electron chi connectivity index (χ3n) is 3.32. The summed E-state index contributed by atoms with van der Waals surface area (Å²) in [6.07, 6.45) is 0. The Labute approximate surface area is 133 Å². The van der Waals surface area contributed by atoms with Crippen LogP contribution in [0.1, 0.15) is 22.7 Å². The molecule has 1 N–H and O–H groups in total. The number of hydrogen-bond acceptors (Lipinski definition) is 2. The van der Waals surface area contributed by atoms with Crippen LogP contribution >= 0.6 is 27.5 Å². The molecule has 2 aromatic carbocycles. The van der Waals surface area contributed by atoms with Crippen LogP contribution in [0.15, 0.2) is 40.9 Å². The summed E-state index contributed by atoms with van der Waals surface area (Å²) in [5.74, 6) is 0.838. The summed E-state index contributed by atoms with van der Waals surface area (Å²) in [7, 11) is 3.60. The summed E-state index contributed by atoms with van der Waals surface area (Å²) in [4.78, 5) is 0. The molecule has 4 heteroatoms. The van der Waals surface area contributed by atoms with Crippen LogP contribution in [0.25, 0.3) is 0 Å². The first-order valence-electron chi connectivity index (χ1n) is 6.34. The Morgan fingerprint density at radius 2 is 1.95 bits per heavy atom. The monoisotopic (exact) mass is 353 g/mol. The molecule has 0 heterocycles. The van der Waals surface area contributed by atoms with E-state index in [1.165, 1.54) is 0 Å². The molecule has 20 heavy (non-hydrogen) atoms. The van der Waals surface area contributed by atoms with Crippen LogP contribution in [0.4, 0.5) is 0 Å². The molecule has 106 valence electrons. The molecule has 0 aliphatic rings. The number of ether oxygens (including phenoxy) is 1. The quantitative estimate of drug-likeness (QED) is 0.857. The zero-order valence-corrected chi connectivity index (χ0v) is 14.0. The highest BCUT2D eigenvalue weighted by Gasteiger charge is 2.20. The molecule has 2 rings (SSSR count). The molecule has 0 amide bonds. The number of benzene rings is 2. The average molecular weight is 355 g/mol. The van der Waals surface area contributed by atoms with Crippen molar-refractivity contribution in [3.63, 3.8) is 0 Å². The minimum Gasteiger partial charge on any atom is -0.496 e. The van der Waals surface area contributed by atoms with Crippen molar-refractivity contribution in [2.24, 2.45) is 0 Å². The van der Waals surface area contributed by atoms with Gasteiger partial charge in [-0.25, -0.2) is 0 Å². The van der Waals surface area contributed by atoms with Gasteiger partial charge in [0, 0.05) is 15.1 Å². The predicted octanol–water partition coefficient (Wildman–Crippen LogP) is 4.73. The highest BCUT2D eigenvalue weighted by atomic mass is 79.9. The summed E-state index contributed by atoms with van der Waals surface area (Å²) in [5, 5.41) is 4.11. The van der Waals surface area contributed by atoms with E-state index >= 15 is 0 Å². The molecule has 0 saturated carbocycles. The summed E-state index contributed by atoms with van der Waals surface area (Å²) >= 11 is 9.97. The molecule has 1 unspecified atom stereocenters. The highest BCUT2D eigenvalue weighted by Crippen LogP contribution is 2.36. The molecule has 0 spiro atoms. The molecule has 0 bridgehead atoms. The Kier molecular flexibility index (Phi) is 5.08. The number of nitrogens with one attached hydrogen (secondary N) is 1. The lowest BCUT2D eigenvalue weighted by molar-refractivity contribution is 0.405. The molecule has 0 saturated heterocycles. The van der Waals surface area contributed by atoms with Gasteiger partial charge >= 0.3 is 0 Å². The summed E-state index contributed by atoms with van der Waals surface area (Å²) < 4.78 is 6.48. The molecule has 0 fully saturated rings. The maximum Gasteiger partial charge on any atom is 0.124 e. The Balaban J connectivity index is 2.58. The predicted molar refractivity (Wildman–Crippen MR) is 87.8 cm³/mol. The van der Waals surface area contributed by atoms with Gasteiger partial charge in [-0.3, -0.25) is 0 Å². The molecule has 0 aliphatic carbocycles. The first-order valence-corrected chi connectivity index (χ1v) is 7.51. The molecule has 1 atom stereocenters. The molecule has 2 nitrogen and oxygen atoms in total. The van der Waals surface area contributed by atoms with E-state index in [1.54, 1.807) is 7.11 Å². The van der Waals surface area contributed by atoms with Crippen LogP contribution < -0.4 is 10.1 Å². The Bertz CT molecular complexity index is 615. The molecular weight excluding hydrogens is 338 g/mol. The van der Waals surface area contributed by atoms with E-state index in [0.29, 0.717) is 0 Å². The van der Waals surface area contributed by atoms with Crippen molar-refractivity contribution in [3.05, 3.63) is 62.6 Å². The third kappa shape index (κ3) is 3.00. The van der Waals surface area contributed by atoms with Gasteiger partial charge in [0.2, 0.25) is 0 Å². The van der Waals surface area contributed by atoms with Gasteiger partial charge in [-0.1, -0.05) is 45.7 Å². The maximum absolute atomic E-state index is 6.46. The van der Waals surface area contributed by atoms with Crippen LogP contribution in [0.3, 0.4) is 0 Å². The fraction of sp³-hybridized carbons (Fsp3) is 0.250. The second kappa shape index (κ2) is 6.61. The van der Waals surface area contributed by atoms with Crippen LogP contribution in [0.2, 0.25) is 5.02 Å². The van der Waals surface area contributed by atoms with Gasteiger partial charge in [-0.15, -0.1) is 0 Å². The van der Waals surface area contributed by atoms with Crippen molar-refractivity contribution < 1.29 is 4.74 Å². The Morgan fingerprint density at radius 3 is 2.60 bits per heavy atom. The largest absolute Gasteiger partial charge is 0.496 e. The fourth-order valence-electron chi connectivity index (χ4n) is 2.30. The molecule has 0 aliphatic heterocycles. The summed E-state index contributed by atoms with van der Waals surface area (Å²) in [6.45, 7) is 2.01. The standard InChI is InChI=1S/C16H17BrClNO/c1-10-5-4-6-12(15(10)18)16(19-2)13-9-11(17)7-8-14(13)20-3/h4-9,16,19H,1-3H3.